The van der Waals surface area contributed by atoms with Gasteiger partial charge in [0.15, 0.2) is 0 Å². The van der Waals surface area contributed by atoms with Crippen molar-refractivity contribution in [3.63, 3.8) is 0 Å². The van der Waals surface area contributed by atoms with Crippen LogP contribution in [0.3, 0.4) is 0 Å². The van der Waals surface area contributed by atoms with Gasteiger partial charge in [-0.05, 0) is 55.1 Å². The van der Waals surface area contributed by atoms with Crippen LogP contribution in [-0.2, 0) is 4.79 Å². The molecule has 19 heavy (non-hydrogen) atoms. The van der Waals surface area contributed by atoms with Crippen LogP contribution in [-0.4, -0.2) is 46.4 Å². The lowest BCUT2D eigenvalue weighted by molar-refractivity contribution is -0.113. The van der Waals surface area contributed by atoms with E-state index in [0.717, 1.165) is 25.9 Å². The number of likely N-dealkylation sites (tertiary alicyclic amines) is 1. The SMILES string of the molecule is O=C(Cl)CN1CCC(COc2ccnc(Cl)n2)CC1. The molecule has 0 aromatic carbocycles. The molecule has 104 valence electrons. The minimum atomic E-state index is -0.301. The second-order valence-electron chi connectivity index (χ2n) is 4.55. The van der Waals surface area contributed by atoms with Crippen molar-refractivity contribution in [1.29, 1.82) is 0 Å². The van der Waals surface area contributed by atoms with E-state index in [4.69, 9.17) is 27.9 Å². The predicted octanol–water partition coefficient (Wildman–Crippen LogP) is 1.99. The number of carbonyl (C=O) groups is 1. The Hall–Kier alpha value is -0.910. The van der Waals surface area contributed by atoms with Gasteiger partial charge in [-0.25, -0.2) is 4.98 Å². The van der Waals surface area contributed by atoms with Crippen LogP contribution in [0.4, 0.5) is 0 Å². The number of halogens is 2. The molecule has 1 aromatic heterocycles. The van der Waals surface area contributed by atoms with Gasteiger partial charge in [-0.1, -0.05) is 0 Å². The monoisotopic (exact) mass is 303 g/mol. The van der Waals surface area contributed by atoms with E-state index in [1.54, 1.807) is 12.3 Å². The molecule has 0 bridgehead atoms. The maximum atomic E-state index is 10.8. The Morgan fingerprint density at radius 2 is 2.21 bits per heavy atom. The molecule has 1 fully saturated rings. The molecule has 7 heteroatoms. The Kier molecular flexibility index (Phi) is 5.36. The molecule has 1 saturated heterocycles. The third-order valence-corrected chi connectivity index (χ3v) is 3.42. The maximum Gasteiger partial charge on any atom is 0.235 e. The summed E-state index contributed by atoms with van der Waals surface area (Å²) in [5, 5.41) is -0.113. The molecule has 1 aromatic rings. The summed E-state index contributed by atoms with van der Waals surface area (Å²) < 4.78 is 5.60. The smallest absolute Gasteiger partial charge is 0.235 e. The van der Waals surface area contributed by atoms with Crippen LogP contribution in [0, 0.1) is 5.92 Å². The Labute approximate surface area is 121 Å². The Balaban J connectivity index is 1.72. The van der Waals surface area contributed by atoms with Gasteiger partial charge in [0, 0.05) is 12.3 Å². The molecule has 0 N–H and O–H groups in total. The number of piperidine rings is 1. The highest BCUT2D eigenvalue weighted by Gasteiger charge is 2.20. The lowest BCUT2D eigenvalue weighted by Gasteiger charge is -2.30. The van der Waals surface area contributed by atoms with Crippen molar-refractivity contribution in [2.45, 2.75) is 12.8 Å². The van der Waals surface area contributed by atoms with Gasteiger partial charge in [0.2, 0.25) is 16.4 Å². The summed E-state index contributed by atoms with van der Waals surface area (Å²) in [5.41, 5.74) is 0. The molecule has 0 unspecified atom stereocenters. The van der Waals surface area contributed by atoms with Crippen LogP contribution in [0.2, 0.25) is 5.28 Å². The summed E-state index contributed by atoms with van der Waals surface area (Å²) in [6.07, 6.45) is 3.55. The van der Waals surface area contributed by atoms with E-state index in [9.17, 15) is 4.79 Å². The summed E-state index contributed by atoms with van der Waals surface area (Å²) in [7, 11) is 0. The Bertz CT molecular complexity index is 437. The van der Waals surface area contributed by atoms with Crippen LogP contribution in [0.5, 0.6) is 5.88 Å². The minimum absolute atomic E-state index is 0.188. The fourth-order valence-electron chi connectivity index (χ4n) is 2.09. The first kappa shape index (κ1) is 14.5. The Morgan fingerprint density at radius 1 is 1.47 bits per heavy atom. The number of carbonyl (C=O) groups excluding carboxylic acids is 1. The highest BCUT2D eigenvalue weighted by Crippen LogP contribution is 2.19. The molecule has 1 aliphatic heterocycles. The van der Waals surface area contributed by atoms with Gasteiger partial charge in [-0.3, -0.25) is 9.69 Å². The normalized spacial score (nSPS) is 17.4. The standard InChI is InChI=1S/C12H15Cl2N3O2/c13-10(18)7-17-5-2-9(3-6-17)8-19-11-1-4-15-12(14)16-11/h1,4,9H,2-3,5-8H2. The third-order valence-electron chi connectivity index (χ3n) is 3.12. The first-order chi connectivity index (χ1) is 9.13. The van der Waals surface area contributed by atoms with Crippen molar-refractivity contribution in [3.8, 4) is 5.88 Å². The summed E-state index contributed by atoms with van der Waals surface area (Å²) in [5.74, 6) is 0.966. The van der Waals surface area contributed by atoms with Gasteiger partial charge in [-0.15, -0.1) is 0 Å². The number of ether oxygens (including phenoxy) is 1. The second-order valence-corrected chi connectivity index (χ2v) is 5.31. The maximum absolute atomic E-state index is 10.8. The van der Waals surface area contributed by atoms with E-state index in [-0.39, 0.29) is 10.5 Å². The van der Waals surface area contributed by atoms with Gasteiger partial charge in [0.25, 0.3) is 0 Å². The topological polar surface area (TPSA) is 55.3 Å². The number of aromatic nitrogens is 2. The molecule has 0 aliphatic carbocycles. The molecule has 2 heterocycles. The van der Waals surface area contributed by atoms with Gasteiger partial charge in [0.1, 0.15) is 0 Å². The molecule has 0 radical (unpaired) electrons. The largest absolute Gasteiger partial charge is 0.477 e. The average molecular weight is 304 g/mol. The van der Waals surface area contributed by atoms with E-state index in [1.165, 1.54) is 0 Å². The van der Waals surface area contributed by atoms with E-state index in [0.29, 0.717) is 24.9 Å². The molecule has 2 rings (SSSR count). The average Bonchev–Trinajstić information content (AvgIpc) is 2.37. The van der Waals surface area contributed by atoms with E-state index < -0.39 is 0 Å². The van der Waals surface area contributed by atoms with E-state index in [1.807, 2.05) is 0 Å². The minimum Gasteiger partial charge on any atom is -0.477 e. The van der Waals surface area contributed by atoms with Crippen LogP contribution >= 0.6 is 23.2 Å². The highest BCUT2D eigenvalue weighted by molar-refractivity contribution is 6.64. The zero-order valence-corrected chi connectivity index (χ0v) is 11.9. The number of hydrogen-bond donors (Lipinski definition) is 0. The summed E-state index contributed by atoms with van der Waals surface area (Å²) >= 11 is 11.1. The van der Waals surface area contributed by atoms with Crippen molar-refractivity contribution < 1.29 is 9.53 Å². The second kappa shape index (κ2) is 7.03. The zero-order chi connectivity index (χ0) is 13.7. The van der Waals surface area contributed by atoms with E-state index in [2.05, 4.69) is 14.9 Å². The molecule has 0 saturated carbocycles. The first-order valence-electron chi connectivity index (χ1n) is 6.15. The van der Waals surface area contributed by atoms with E-state index >= 15 is 0 Å². The van der Waals surface area contributed by atoms with Gasteiger partial charge >= 0.3 is 0 Å². The first-order valence-corrected chi connectivity index (χ1v) is 6.91. The number of hydrogen-bond acceptors (Lipinski definition) is 5. The predicted molar refractivity (Wildman–Crippen MR) is 72.6 cm³/mol. The van der Waals surface area contributed by atoms with Crippen LogP contribution in [0.1, 0.15) is 12.8 Å². The van der Waals surface area contributed by atoms with Crippen molar-refractivity contribution >= 4 is 28.4 Å². The van der Waals surface area contributed by atoms with Crippen molar-refractivity contribution in [1.82, 2.24) is 14.9 Å². The Morgan fingerprint density at radius 3 is 2.84 bits per heavy atom. The fourth-order valence-corrected chi connectivity index (χ4v) is 2.40. The summed E-state index contributed by atoms with van der Waals surface area (Å²) in [6, 6.07) is 1.69. The lowest BCUT2D eigenvalue weighted by atomic mass is 9.98. The highest BCUT2D eigenvalue weighted by atomic mass is 35.5. The number of rotatable bonds is 5. The third kappa shape index (κ3) is 4.93. The lowest BCUT2D eigenvalue weighted by Crippen LogP contribution is -2.37. The molecular weight excluding hydrogens is 289 g/mol. The molecule has 5 nitrogen and oxygen atoms in total. The van der Waals surface area contributed by atoms with Gasteiger partial charge in [0.05, 0.1) is 13.2 Å². The molecule has 0 atom stereocenters. The van der Waals surface area contributed by atoms with Crippen molar-refractivity contribution in [3.05, 3.63) is 17.5 Å². The molecular formula is C12H15Cl2N3O2. The number of nitrogens with zero attached hydrogens (tertiary/aromatic N) is 3. The van der Waals surface area contributed by atoms with Gasteiger partial charge < -0.3 is 4.74 Å². The molecule has 0 spiro atoms. The summed E-state index contributed by atoms with van der Waals surface area (Å²) in [4.78, 5) is 20.6. The van der Waals surface area contributed by atoms with Crippen LogP contribution in [0.15, 0.2) is 12.3 Å². The van der Waals surface area contributed by atoms with Crippen molar-refractivity contribution in [2.24, 2.45) is 5.92 Å². The quantitative estimate of drug-likeness (QED) is 0.615. The van der Waals surface area contributed by atoms with Gasteiger partial charge in [-0.2, -0.15) is 4.98 Å². The summed E-state index contributed by atoms with van der Waals surface area (Å²) in [6.45, 7) is 2.68. The fraction of sp³-hybridized carbons (Fsp3) is 0.583. The molecule has 1 aliphatic rings. The van der Waals surface area contributed by atoms with Crippen LogP contribution in [0.25, 0.3) is 0 Å². The zero-order valence-electron chi connectivity index (χ0n) is 10.4. The van der Waals surface area contributed by atoms with Crippen molar-refractivity contribution in [2.75, 3.05) is 26.2 Å². The van der Waals surface area contributed by atoms with Crippen LogP contribution < -0.4 is 4.74 Å². The molecule has 0 amide bonds.